The molecule has 0 radical (unpaired) electrons. The van der Waals surface area contributed by atoms with E-state index in [2.05, 4.69) is 15.0 Å². The Bertz CT molecular complexity index is 1590. The van der Waals surface area contributed by atoms with Crippen molar-refractivity contribution in [3.05, 3.63) is 110 Å². The molecule has 4 rings (SSSR count). The maximum Gasteiger partial charge on any atom is 0.335 e. The summed E-state index contributed by atoms with van der Waals surface area (Å²) >= 11 is 1.68. The van der Waals surface area contributed by atoms with Gasteiger partial charge in [-0.2, -0.15) is 0 Å². The average molecular weight is 611 g/mol. The van der Waals surface area contributed by atoms with Crippen molar-refractivity contribution in [3.8, 4) is 11.6 Å². The molecule has 37 heavy (non-hydrogen) atoms. The highest BCUT2D eigenvalue weighted by molar-refractivity contribution is 14.1. The van der Waals surface area contributed by atoms with E-state index in [0.717, 1.165) is 21.3 Å². The van der Waals surface area contributed by atoms with E-state index >= 15 is 0 Å². The van der Waals surface area contributed by atoms with Crippen molar-refractivity contribution in [1.82, 2.24) is 19.1 Å². The number of hydrogen-bond donors (Lipinski definition) is 1. The van der Waals surface area contributed by atoms with Gasteiger partial charge in [-0.1, -0.05) is 42.8 Å². The molecule has 2 aromatic carbocycles. The van der Waals surface area contributed by atoms with Gasteiger partial charge < -0.3 is 4.74 Å². The lowest BCUT2D eigenvalue weighted by molar-refractivity contribution is -0.112. The van der Waals surface area contributed by atoms with E-state index in [-0.39, 0.29) is 22.5 Å². The summed E-state index contributed by atoms with van der Waals surface area (Å²) in [5, 5.41) is 0. The number of H-pyrrole nitrogens is 1. The van der Waals surface area contributed by atoms with E-state index in [1.54, 1.807) is 66.0 Å². The standard InChI is InChI=1S/C27H26IN5O4/c1-17-4-7-20(8-5-17)16-32-25(31-26(35)33(27(32)36)15-19(3)24(28)34)30-21-9-11-22(12-10-21)37-23-13-6-18(2)14-29-23/h4-14,19H,15-16H2,1-3H3,(H,30,31,35)/t19-/m0/s1. The third kappa shape index (κ3) is 6.70. The van der Waals surface area contributed by atoms with Crippen molar-refractivity contribution >= 4 is 32.1 Å². The first-order chi connectivity index (χ1) is 17.7. The number of aromatic amines is 1. The number of ether oxygens (including phenoxy) is 1. The van der Waals surface area contributed by atoms with Gasteiger partial charge in [0.25, 0.3) is 0 Å². The molecule has 0 aliphatic rings. The van der Waals surface area contributed by atoms with Crippen molar-refractivity contribution < 1.29 is 9.53 Å². The number of hydrogen-bond acceptors (Lipinski definition) is 6. The van der Waals surface area contributed by atoms with Crippen LogP contribution in [0.3, 0.4) is 0 Å². The number of nitrogens with zero attached hydrogens (tertiary/aromatic N) is 4. The van der Waals surface area contributed by atoms with Gasteiger partial charge in [0.2, 0.25) is 11.5 Å². The van der Waals surface area contributed by atoms with Gasteiger partial charge >= 0.3 is 11.4 Å². The van der Waals surface area contributed by atoms with Gasteiger partial charge in [0.05, 0.1) is 12.2 Å². The van der Waals surface area contributed by atoms with Gasteiger partial charge in [-0.3, -0.25) is 14.3 Å². The lowest BCUT2D eigenvalue weighted by Gasteiger charge is -2.13. The molecule has 0 spiro atoms. The summed E-state index contributed by atoms with van der Waals surface area (Å²) in [5.41, 5.74) is 2.45. The van der Waals surface area contributed by atoms with Crippen LogP contribution in [0.1, 0.15) is 23.6 Å². The quantitative estimate of drug-likeness (QED) is 0.239. The van der Waals surface area contributed by atoms with Crippen molar-refractivity contribution in [3.63, 3.8) is 0 Å². The van der Waals surface area contributed by atoms with Crippen molar-refractivity contribution in [1.29, 1.82) is 0 Å². The number of aryl methyl sites for hydroxylation is 2. The van der Waals surface area contributed by atoms with Gasteiger partial charge in [-0.25, -0.2) is 24.1 Å². The molecule has 190 valence electrons. The maximum atomic E-state index is 13.4. The second kappa shape index (κ2) is 11.5. The van der Waals surface area contributed by atoms with Crippen LogP contribution in [-0.2, 0) is 17.9 Å². The predicted molar refractivity (Wildman–Crippen MR) is 148 cm³/mol. The summed E-state index contributed by atoms with van der Waals surface area (Å²) in [6, 6.07) is 18.4. The molecule has 10 heteroatoms. The van der Waals surface area contributed by atoms with Crippen LogP contribution in [0.5, 0.6) is 11.6 Å². The van der Waals surface area contributed by atoms with Crippen LogP contribution >= 0.6 is 22.6 Å². The SMILES string of the molecule is Cc1ccc(Cn2c(=O)n(C[C@H](C)C(=O)I)c(=O)[nH]/c2=N\c2ccc(Oc3ccc(C)cn3)cc2)cc1. The maximum absolute atomic E-state index is 13.4. The minimum Gasteiger partial charge on any atom is -0.439 e. The zero-order valence-electron chi connectivity index (χ0n) is 20.6. The Morgan fingerprint density at radius 1 is 1.00 bits per heavy atom. The Kier molecular flexibility index (Phi) is 8.17. The summed E-state index contributed by atoms with van der Waals surface area (Å²) in [6.07, 6.45) is 1.72. The number of nitrogens with one attached hydrogen (secondary N) is 1. The molecule has 2 aromatic heterocycles. The normalized spacial score (nSPS) is 12.4. The molecule has 0 unspecified atom stereocenters. The molecule has 0 fully saturated rings. The molecule has 2 heterocycles. The first-order valence-corrected chi connectivity index (χ1v) is 12.7. The number of pyridine rings is 1. The average Bonchev–Trinajstić information content (AvgIpc) is 2.87. The topological polar surface area (TPSA) is 111 Å². The highest BCUT2D eigenvalue weighted by atomic mass is 127. The Balaban J connectivity index is 1.73. The monoisotopic (exact) mass is 611 g/mol. The minimum absolute atomic E-state index is 0.0246. The minimum atomic E-state index is -0.626. The van der Waals surface area contributed by atoms with Crippen LogP contribution in [-0.4, -0.2) is 22.9 Å². The molecule has 0 saturated heterocycles. The van der Waals surface area contributed by atoms with Crippen LogP contribution in [0.2, 0.25) is 0 Å². The fourth-order valence-corrected chi connectivity index (χ4v) is 3.71. The lowest BCUT2D eigenvalue weighted by atomic mass is 10.1. The van der Waals surface area contributed by atoms with Gasteiger partial charge in [-0.05, 0) is 71.8 Å². The second-order valence-corrected chi connectivity index (χ2v) is 9.87. The van der Waals surface area contributed by atoms with Gasteiger partial charge in [0.15, 0.2) is 3.79 Å². The van der Waals surface area contributed by atoms with E-state index < -0.39 is 17.3 Å². The van der Waals surface area contributed by atoms with E-state index in [1.807, 2.05) is 44.2 Å². The number of rotatable bonds is 8. The van der Waals surface area contributed by atoms with Crippen molar-refractivity contribution in [2.45, 2.75) is 33.9 Å². The highest BCUT2D eigenvalue weighted by Crippen LogP contribution is 2.22. The summed E-state index contributed by atoms with van der Waals surface area (Å²) in [5.74, 6) is 0.549. The van der Waals surface area contributed by atoms with Crippen LogP contribution in [0.4, 0.5) is 5.69 Å². The number of carbonyl (C=O) groups is 1. The number of carbonyl (C=O) groups excluding carboxylic acids is 1. The highest BCUT2D eigenvalue weighted by Gasteiger charge is 2.16. The number of halogens is 1. The Morgan fingerprint density at radius 3 is 2.30 bits per heavy atom. The first-order valence-electron chi connectivity index (χ1n) is 11.6. The molecule has 0 bridgehead atoms. The number of benzene rings is 2. The zero-order chi connectivity index (χ0) is 26.5. The summed E-state index contributed by atoms with van der Waals surface area (Å²) < 4.78 is 8.07. The molecule has 1 N–H and O–H groups in total. The Morgan fingerprint density at radius 2 is 1.68 bits per heavy atom. The molecule has 1 atom stereocenters. The fourth-order valence-electron chi connectivity index (χ4n) is 3.51. The van der Waals surface area contributed by atoms with Crippen molar-refractivity contribution in [2.24, 2.45) is 10.9 Å². The van der Waals surface area contributed by atoms with Crippen LogP contribution < -0.4 is 21.7 Å². The van der Waals surface area contributed by atoms with Crippen LogP contribution in [0.15, 0.2) is 81.4 Å². The van der Waals surface area contributed by atoms with Crippen molar-refractivity contribution in [2.75, 3.05) is 0 Å². The Labute approximate surface area is 226 Å². The van der Waals surface area contributed by atoms with Gasteiger partial charge in [-0.15, -0.1) is 0 Å². The third-order valence-electron chi connectivity index (χ3n) is 5.66. The molecular weight excluding hydrogens is 585 g/mol. The van der Waals surface area contributed by atoms with E-state index in [4.69, 9.17) is 4.74 Å². The zero-order valence-corrected chi connectivity index (χ0v) is 22.8. The summed E-state index contributed by atoms with van der Waals surface area (Å²) in [4.78, 5) is 49.5. The number of aromatic nitrogens is 4. The largest absolute Gasteiger partial charge is 0.439 e. The fraction of sp³-hybridized carbons (Fsp3) is 0.222. The molecule has 0 aliphatic carbocycles. The van der Waals surface area contributed by atoms with Crippen LogP contribution in [0, 0.1) is 19.8 Å². The molecule has 0 saturated carbocycles. The molecule has 0 amide bonds. The summed E-state index contributed by atoms with van der Waals surface area (Å²) in [6.45, 7) is 5.78. The molecule has 9 nitrogen and oxygen atoms in total. The predicted octanol–water partition coefficient (Wildman–Crippen LogP) is 4.02. The third-order valence-corrected chi connectivity index (χ3v) is 6.73. The summed E-state index contributed by atoms with van der Waals surface area (Å²) in [7, 11) is 0. The first kappa shape index (κ1) is 26.3. The molecule has 4 aromatic rings. The molecular formula is C27H26IN5O4. The van der Waals surface area contributed by atoms with Crippen LogP contribution in [0.25, 0.3) is 0 Å². The lowest BCUT2D eigenvalue weighted by Crippen LogP contribution is -2.50. The molecule has 0 aliphatic heterocycles. The van der Waals surface area contributed by atoms with E-state index in [1.165, 1.54) is 4.57 Å². The van der Waals surface area contributed by atoms with E-state index in [9.17, 15) is 14.4 Å². The van der Waals surface area contributed by atoms with E-state index in [0.29, 0.717) is 17.3 Å². The smallest absolute Gasteiger partial charge is 0.335 e. The van der Waals surface area contributed by atoms with Gasteiger partial charge in [0, 0.05) is 24.7 Å². The Hall–Kier alpha value is -3.80. The second-order valence-electron chi connectivity index (χ2n) is 8.81. The van der Waals surface area contributed by atoms with Gasteiger partial charge in [0.1, 0.15) is 5.75 Å².